The second kappa shape index (κ2) is 5.83. The topological polar surface area (TPSA) is 24.5 Å². The first-order valence-corrected chi connectivity index (χ1v) is 6.47. The van der Waals surface area contributed by atoms with Gasteiger partial charge in [-0.1, -0.05) is 13.3 Å². The van der Waals surface area contributed by atoms with Crippen molar-refractivity contribution in [2.45, 2.75) is 44.7 Å². The predicted molar refractivity (Wildman–Crippen MR) is 62.1 cm³/mol. The van der Waals surface area contributed by atoms with Gasteiger partial charge in [-0.25, -0.2) is 0 Å². The highest BCUT2D eigenvalue weighted by Crippen LogP contribution is 2.19. The van der Waals surface area contributed by atoms with Gasteiger partial charge in [-0.2, -0.15) is 0 Å². The van der Waals surface area contributed by atoms with Crippen LogP contribution < -0.4 is 5.32 Å². The minimum Gasteiger partial charge on any atom is -0.380 e. The Morgan fingerprint density at radius 1 is 1.27 bits per heavy atom. The molecule has 2 rings (SSSR count). The van der Waals surface area contributed by atoms with Gasteiger partial charge in [-0.05, 0) is 38.9 Å². The fraction of sp³-hybridized carbons (Fsp3) is 1.00. The lowest BCUT2D eigenvalue weighted by atomic mass is 9.99. The average molecular weight is 212 g/mol. The monoisotopic (exact) mass is 212 g/mol. The van der Waals surface area contributed by atoms with Crippen molar-refractivity contribution >= 4 is 0 Å². The molecule has 3 heteroatoms. The summed E-state index contributed by atoms with van der Waals surface area (Å²) in [6.45, 7) is 7.68. The molecule has 0 aromatic heterocycles. The molecule has 0 spiro atoms. The minimum atomic E-state index is 0.624. The fourth-order valence-corrected chi connectivity index (χ4v) is 2.83. The summed E-state index contributed by atoms with van der Waals surface area (Å²) in [5.74, 6) is 0. The Labute approximate surface area is 93.2 Å². The van der Waals surface area contributed by atoms with Crippen LogP contribution in [0.3, 0.4) is 0 Å². The van der Waals surface area contributed by atoms with Gasteiger partial charge in [0.2, 0.25) is 0 Å². The summed E-state index contributed by atoms with van der Waals surface area (Å²) in [6, 6.07) is 1.28. The zero-order chi connectivity index (χ0) is 10.5. The van der Waals surface area contributed by atoms with Crippen LogP contribution >= 0.6 is 0 Å². The summed E-state index contributed by atoms with van der Waals surface area (Å²) in [6.07, 6.45) is 5.33. The molecule has 1 N–H and O–H groups in total. The molecule has 2 fully saturated rings. The smallest absolute Gasteiger partial charge is 0.0637 e. The van der Waals surface area contributed by atoms with E-state index in [1.54, 1.807) is 0 Å². The van der Waals surface area contributed by atoms with E-state index in [9.17, 15) is 0 Å². The number of piperidine rings is 1. The van der Waals surface area contributed by atoms with Crippen LogP contribution in [0.1, 0.15) is 32.6 Å². The van der Waals surface area contributed by atoms with Crippen molar-refractivity contribution in [1.82, 2.24) is 10.2 Å². The van der Waals surface area contributed by atoms with E-state index >= 15 is 0 Å². The average Bonchev–Trinajstić information content (AvgIpc) is 2.31. The Morgan fingerprint density at radius 2 is 2.07 bits per heavy atom. The van der Waals surface area contributed by atoms with E-state index in [-0.39, 0.29) is 0 Å². The molecule has 15 heavy (non-hydrogen) atoms. The maximum Gasteiger partial charge on any atom is 0.0637 e. The van der Waals surface area contributed by atoms with Gasteiger partial charge in [-0.15, -0.1) is 0 Å². The molecule has 2 aliphatic heterocycles. The van der Waals surface area contributed by atoms with Crippen LogP contribution in [0.5, 0.6) is 0 Å². The van der Waals surface area contributed by atoms with Gasteiger partial charge in [0.1, 0.15) is 0 Å². The van der Waals surface area contributed by atoms with Crippen LogP contribution in [0.25, 0.3) is 0 Å². The number of nitrogens with zero attached hydrogens (tertiary/aromatic N) is 1. The highest BCUT2D eigenvalue weighted by molar-refractivity contribution is 4.88. The third-order valence-corrected chi connectivity index (χ3v) is 3.65. The fourth-order valence-electron chi connectivity index (χ4n) is 2.83. The highest BCUT2D eigenvalue weighted by Gasteiger charge is 2.30. The Morgan fingerprint density at radius 3 is 2.80 bits per heavy atom. The molecule has 2 heterocycles. The molecule has 0 aromatic carbocycles. The Bertz CT molecular complexity index is 168. The Hall–Kier alpha value is -0.120. The number of likely N-dealkylation sites (N-methyl/N-ethyl adjacent to an activating group) is 1. The number of ether oxygens (including phenoxy) is 1. The van der Waals surface area contributed by atoms with Crippen LogP contribution in [-0.4, -0.2) is 49.8 Å². The van der Waals surface area contributed by atoms with Crippen LogP contribution in [-0.2, 0) is 4.74 Å². The standard InChI is InChI=1S/C12H24N2O/c1-2-13-11-6-9-15-10-12(11)14-7-4-3-5-8-14/h11-13H,2-10H2,1H3. The van der Waals surface area contributed by atoms with Crippen LogP contribution in [0, 0.1) is 0 Å². The molecule has 0 saturated carbocycles. The summed E-state index contributed by atoms with van der Waals surface area (Å²) in [5, 5.41) is 3.61. The van der Waals surface area contributed by atoms with E-state index in [4.69, 9.17) is 4.74 Å². The number of hydrogen-bond donors (Lipinski definition) is 1. The molecule has 3 nitrogen and oxygen atoms in total. The van der Waals surface area contributed by atoms with Crippen molar-refractivity contribution in [3.05, 3.63) is 0 Å². The van der Waals surface area contributed by atoms with Gasteiger partial charge >= 0.3 is 0 Å². The Balaban J connectivity index is 1.90. The van der Waals surface area contributed by atoms with Crippen LogP contribution in [0.2, 0.25) is 0 Å². The molecule has 88 valence electrons. The lowest BCUT2D eigenvalue weighted by Crippen LogP contribution is -2.56. The molecule has 0 aliphatic carbocycles. The summed E-state index contributed by atoms with van der Waals surface area (Å²) in [7, 11) is 0. The van der Waals surface area contributed by atoms with E-state index in [1.165, 1.54) is 38.8 Å². The van der Waals surface area contributed by atoms with Crippen LogP contribution in [0.4, 0.5) is 0 Å². The summed E-state index contributed by atoms with van der Waals surface area (Å²) in [5.41, 5.74) is 0. The molecule has 0 bridgehead atoms. The van der Waals surface area contributed by atoms with Gasteiger partial charge in [-0.3, -0.25) is 4.90 Å². The summed E-state index contributed by atoms with van der Waals surface area (Å²) < 4.78 is 5.63. The number of hydrogen-bond acceptors (Lipinski definition) is 3. The predicted octanol–water partition coefficient (Wildman–Crippen LogP) is 1.24. The van der Waals surface area contributed by atoms with Gasteiger partial charge in [0.15, 0.2) is 0 Å². The summed E-state index contributed by atoms with van der Waals surface area (Å²) >= 11 is 0. The number of nitrogens with one attached hydrogen (secondary N) is 1. The van der Waals surface area contributed by atoms with E-state index in [2.05, 4.69) is 17.1 Å². The second-order valence-corrected chi connectivity index (χ2v) is 4.69. The zero-order valence-corrected chi connectivity index (χ0v) is 9.87. The van der Waals surface area contributed by atoms with E-state index < -0.39 is 0 Å². The van der Waals surface area contributed by atoms with Gasteiger partial charge in [0, 0.05) is 18.7 Å². The maximum atomic E-state index is 5.63. The molecule has 0 radical (unpaired) electrons. The first-order valence-electron chi connectivity index (χ1n) is 6.47. The molecule has 2 saturated heterocycles. The molecular weight excluding hydrogens is 188 g/mol. The largest absolute Gasteiger partial charge is 0.380 e. The lowest BCUT2D eigenvalue weighted by molar-refractivity contribution is -0.00906. The Kier molecular flexibility index (Phi) is 4.42. The third-order valence-electron chi connectivity index (χ3n) is 3.65. The van der Waals surface area contributed by atoms with Crippen LogP contribution in [0.15, 0.2) is 0 Å². The molecule has 2 unspecified atom stereocenters. The molecule has 2 aliphatic rings. The van der Waals surface area contributed by atoms with E-state index in [0.29, 0.717) is 12.1 Å². The van der Waals surface area contributed by atoms with Gasteiger partial charge < -0.3 is 10.1 Å². The zero-order valence-electron chi connectivity index (χ0n) is 9.87. The first-order chi connectivity index (χ1) is 7.42. The van der Waals surface area contributed by atoms with Gasteiger partial charge in [0.05, 0.1) is 6.61 Å². The lowest BCUT2D eigenvalue weighted by Gasteiger charge is -2.41. The van der Waals surface area contributed by atoms with Crippen molar-refractivity contribution in [3.63, 3.8) is 0 Å². The van der Waals surface area contributed by atoms with Crippen molar-refractivity contribution < 1.29 is 4.74 Å². The minimum absolute atomic E-state index is 0.624. The first kappa shape index (κ1) is 11.4. The molecule has 0 amide bonds. The molecule has 0 aromatic rings. The van der Waals surface area contributed by atoms with Crippen molar-refractivity contribution in [2.24, 2.45) is 0 Å². The maximum absolute atomic E-state index is 5.63. The summed E-state index contributed by atoms with van der Waals surface area (Å²) in [4.78, 5) is 2.63. The molecule has 2 atom stereocenters. The van der Waals surface area contributed by atoms with Crippen molar-refractivity contribution in [1.29, 1.82) is 0 Å². The molecular formula is C12H24N2O. The van der Waals surface area contributed by atoms with Crippen molar-refractivity contribution in [2.75, 3.05) is 32.8 Å². The number of rotatable bonds is 3. The third kappa shape index (κ3) is 2.92. The second-order valence-electron chi connectivity index (χ2n) is 4.69. The quantitative estimate of drug-likeness (QED) is 0.762. The normalized spacial score (nSPS) is 34.2. The van der Waals surface area contributed by atoms with E-state index in [1.807, 2.05) is 0 Å². The van der Waals surface area contributed by atoms with Crippen molar-refractivity contribution in [3.8, 4) is 0 Å². The number of likely N-dealkylation sites (tertiary alicyclic amines) is 1. The van der Waals surface area contributed by atoms with Gasteiger partial charge in [0.25, 0.3) is 0 Å². The highest BCUT2D eigenvalue weighted by atomic mass is 16.5. The SMILES string of the molecule is CCNC1CCOCC1N1CCCCC1. The van der Waals surface area contributed by atoms with E-state index in [0.717, 1.165) is 19.8 Å².